The Morgan fingerprint density at radius 3 is 2.75 bits per heavy atom. The van der Waals surface area contributed by atoms with E-state index in [4.69, 9.17) is 0 Å². The van der Waals surface area contributed by atoms with Crippen molar-refractivity contribution in [3.05, 3.63) is 35.8 Å². The van der Waals surface area contributed by atoms with E-state index in [-0.39, 0.29) is 11.7 Å². The second-order valence-corrected chi connectivity index (χ2v) is 5.29. The first-order chi connectivity index (χ1) is 9.63. The van der Waals surface area contributed by atoms with E-state index in [2.05, 4.69) is 9.88 Å². The maximum atomic E-state index is 13.2. The Morgan fingerprint density at radius 2 is 2.05 bits per heavy atom. The van der Waals surface area contributed by atoms with Crippen molar-refractivity contribution in [2.45, 2.75) is 13.5 Å². The third-order valence-corrected chi connectivity index (χ3v) is 3.94. The van der Waals surface area contributed by atoms with Gasteiger partial charge in [0.1, 0.15) is 5.82 Å². The number of aromatic nitrogens is 1. The molecule has 1 aliphatic heterocycles. The molecule has 1 amide bonds. The van der Waals surface area contributed by atoms with Crippen LogP contribution in [-0.2, 0) is 11.3 Å². The van der Waals surface area contributed by atoms with Gasteiger partial charge in [-0.2, -0.15) is 0 Å². The molecule has 0 atom stereocenters. The first-order valence-corrected chi connectivity index (χ1v) is 6.87. The Morgan fingerprint density at radius 1 is 1.30 bits per heavy atom. The van der Waals surface area contributed by atoms with Crippen molar-refractivity contribution in [3.63, 3.8) is 0 Å². The number of hydrogen-bond donors (Lipinski definition) is 1. The molecule has 0 aliphatic carbocycles. The van der Waals surface area contributed by atoms with Crippen LogP contribution in [0.15, 0.2) is 24.4 Å². The number of aromatic amines is 1. The van der Waals surface area contributed by atoms with Gasteiger partial charge >= 0.3 is 0 Å². The molecule has 1 aromatic carbocycles. The molecule has 5 heteroatoms. The highest BCUT2D eigenvalue weighted by Crippen LogP contribution is 2.21. The van der Waals surface area contributed by atoms with E-state index in [1.807, 2.05) is 17.2 Å². The molecule has 0 bridgehead atoms. The monoisotopic (exact) mass is 275 g/mol. The summed E-state index contributed by atoms with van der Waals surface area (Å²) in [6.45, 7) is 5.78. The van der Waals surface area contributed by atoms with Crippen LogP contribution in [0.5, 0.6) is 0 Å². The van der Waals surface area contributed by atoms with Gasteiger partial charge in [-0.3, -0.25) is 9.69 Å². The van der Waals surface area contributed by atoms with Crippen molar-refractivity contribution in [2.75, 3.05) is 26.2 Å². The molecule has 3 rings (SSSR count). The molecule has 2 aromatic rings. The van der Waals surface area contributed by atoms with Crippen molar-refractivity contribution in [3.8, 4) is 0 Å². The molecular formula is C15H18FN3O. The highest BCUT2D eigenvalue weighted by Gasteiger charge is 2.19. The quantitative estimate of drug-likeness (QED) is 0.910. The highest BCUT2D eigenvalue weighted by molar-refractivity contribution is 5.83. The topological polar surface area (TPSA) is 39.3 Å². The van der Waals surface area contributed by atoms with Crippen molar-refractivity contribution in [1.82, 2.24) is 14.8 Å². The van der Waals surface area contributed by atoms with Gasteiger partial charge in [0.15, 0.2) is 0 Å². The van der Waals surface area contributed by atoms with Crippen LogP contribution >= 0.6 is 0 Å². The number of halogens is 1. The summed E-state index contributed by atoms with van der Waals surface area (Å²) >= 11 is 0. The van der Waals surface area contributed by atoms with E-state index in [0.717, 1.165) is 43.6 Å². The molecule has 0 spiro atoms. The molecule has 4 nitrogen and oxygen atoms in total. The number of hydrogen-bond acceptors (Lipinski definition) is 2. The van der Waals surface area contributed by atoms with Crippen LogP contribution in [0.25, 0.3) is 10.9 Å². The predicted molar refractivity (Wildman–Crippen MR) is 75.8 cm³/mol. The fraction of sp³-hybridized carbons (Fsp3) is 0.400. The molecule has 1 fully saturated rings. The predicted octanol–water partition coefficient (Wildman–Crippen LogP) is 1.97. The summed E-state index contributed by atoms with van der Waals surface area (Å²) in [5.74, 6) is -0.0757. The Bertz CT molecular complexity index is 629. The second-order valence-electron chi connectivity index (χ2n) is 5.29. The summed E-state index contributed by atoms with van der Waals surface area (Å²) in [7, 11) is 0. The summed E-state index contributed by atoms with van der Waals surface area (Å²) in [5, 5.41) is 1.07. The highest BCUT2D eigenvalue weighted by atomic mass is 19.1. The molecule has 106 valence electrons. The van der Waals surface area contributed by atoms with Gasteiger partial charge in [0.25, 0.3) is 0 Å². The summed E-state index contributed by atoms with van der Waals surface area (Å²) in [6, 6.07) is 4.84. The van der Waals surface area contributed by atoms with E-state index < -0.39 is 0 Å². The summed E-state index contributed by atoms with van der Waals surface area (Å²) in [5.41, 5.74) is 2.01. The second kappa shape index (κ2) is 5.25. The number of fused-ring (bicyclic) bond motifs is 1. The number of H-pyrrole nitrogens is 1. The fourth-order valence-corrected chi connectivity index (χ4v) is 2.75. The SMILES string of the molecule is CC(=O)N1CCN(Cc2c[nH]c3cc(F)ccc23)CC1. The lowest BCUT2D eigenvalue weighted by Crippen LogP contribution is -2.47. The van der Waals surface area contributed by atoms with E-state index in [9.17, 15) is 9.18 Å². The van der Waals surface area contributed by atoms with Crippen LogP contribution in [-0.4, -0.2) is 46.9 Å². The molecule has 1 aliphatic rings. The Hall–Kier alpha value is -1.88. The molecule has 20 heavy (non-hydrogen) atoms. The third kappa shape index (κ3) is 2.54. The number of nitrogens with zero attached hydrogens (tertiary/aromatic N) is 2. The van der Waals surface area contributed by atoms with E-state index >= 15 is 0 Å². The van der Waals surface area contributed by atoms with Crippen LogP contribution in [0.4, 0.5) is 4.39 Å². The standard InChI is InChI=1S/C15H18FN3O/c1-11(20)19-6-4-18(5-7-19)10-12-9-17-15-8-13(16)2-3-14(12)15/h2-3,8-9,17H,4-7,10H2,1H3. The average molecular weight is 275 g/mol. The molecule has 0 radical (unpaired) electrons. The van der Waals surface area contributed by atoms with Crippen molar-refractivity contribution < 1.29 is 9.18 Å². The molecule has 2 heterocycles. The molecule has 1 aromatic heterocycles. The number of benzene rings is 1. The maximum absolute atomic E-state index is 13.2. The number of rotatable bonds is 2. The minimum absolute atomic E-state index is 0.146. The Balaban J connectivity index is 1.70. The number of piperazine rings is 1. The largest absolute Gasteiger partial charge is 0.361 e. The molecule has 0 unspecified atom stereocenters. The van der Waals surface area contributed by atoms with Gasteiger partial charge < -0.3 is 9.88 Å². The van der Waals surface area contributed by atoms with Crippen LogP contribution < -0.4 is 0 Å². The van der Waals surface area contributed by atoms with Gasteiger partial charge in [0.05, 0.1) is 0 Å². The summed E-state index contributed by atoms with van der Waals surface area (Å²) in [6.07, 6.45) is 1.95. The fourth-order valence-electron chi connectivity index (χ4n) is 2.75. The maximum Gasteiger partial charge on any atom is 0.219 e. The first kappa shape index (κ1) is 13.1. The smallest absolute Gasteiger partial charge is 0.219 e. The van der Waals surface area contributed by atoms with Crippen LogP contribution in [0, 0.1) is 5.82 Å². The van der Waals surface area contributed by atoms with Crippen molar-refractivity contribution >= 4 is 16.8 Å². The van der Waals surface area contributed by atoms with Crippen LogP contribution in [0.3, 0.4) is 0 Å². The van der Waals surface area contributed by atoms with Crippen molar-refractivity contribution in [1.29, 1.82) is 0 Å². The van der Waals surface area contributed by atoms with Gasteiger partial charge in [-0.15, -0.1) is 0 Å². The Kier molecular flexibility index (Phi) is 3.44. The number of carbonyl (C=O) groups is 1. The van der Waals surface area contributed by atoms with E-state index in [0.29, 0.717) is 0 Å². The normalized spacial score (nSPS) is 16.8. The first-order valence-electron chi connectivity index (χ1n) is 6.87. The van der Waals surface area contributed by atoms with Crippen LogP contribution in [0.1, 0.15) is 12.5 Å². The molecule has 1 N–H and O–H groups in total. The number of nitrogens with one attached hydrogen (secondary N) is 1. The zero-order valence-electron chi connectivity index (χ0n) is 11.5. The minimum Gasteiger partial charge on any atom is -0.361 e. The van der Waals surface area contributed by atoms with Gasteiger partial charge in [0.2, 0.25) is 5.91 Å². The summed E-state index contributed by atoms with van der Waals surface area (Å²) < 4.78 is 13.2. The Labute approximate surface area is 117 Å². The van der Waals surface area contributed by atoms with E-state index in [1.165, 1.54) is 17.7 Å². The molecule has 1 saturated heterocycles. The number of carbonyl (C=O) groups excluding carboxylic acids is 1. The van der Waals surface area contributed by atoms with Gasteiger partial charge in [0, 0.05) is 56.7 Å². The molecular weight excluding hydrogens is 257 g/mol. The zero-order valence-corrected chi connectivity index (χ0v) is 11.5. The lowest BCUT2D eigenvalue weighted by atomic mass is 10.1. The lowest BCUT2D eigenvalue weighted by Gasteiger charge is -2.34. The molecule has 0 saturated carbocycles. The third-order valence-electron chi connectivity index (χ3n) is 3.94. The van der Waals surface area contributed by atoms with Gasteiger partial charge in [-0.25, -0.2) is 4.39 Å². The van der Waals surface area contributed by atoms with Crippen molar-refractivity contribution in [2.24, 2.45) is 0 Å². The van der Waals surface area contributed by atoms with Crippen LogP contribution in [0.2, 0.25) is 0 Å². The van der Waals surface area contributed by atoms with Gasteiger partial charge in [-0.1, -0.05) is 0 Å². The minimum atomic E-state index is -0.221. The summed E-state index contributed by atoms with van der Waals surface area (Å²) in [4.78, 5) is 18.6. The average Bonchev–Trinajstić information content (AvgIpc) is 2.81. The van der Waals surface area contributed by atoms with E-state index in [1.54, 1.807) is 6.92 Å². The zero-order chi connectivity index (χ0) is 14.1. The van der Waals surface area contributed by atoms with Gasteiger partial charge in [-0.05, 0) is 23.8 Å². The number of amides is 1. The lowest BCUT2D eigenvalue weighted by molar-refractivity contribution is -0.130.